The van der Waals surface area contributed by atoms with Gasteiger partial charge in [-0.05, 0) is 82.7 Å². The first-order valence-corrected chi connectivity index (χ1v) is 14.6. The van der Waals surface area contributed by atoms with E-state index in [0.29, 0.717) is 53.8 Å². The number of carbonyl (C=O) groups is 2. The van der Waals surface area contributed by atoms with Crippen LogP contribution in [0.25, 0.3) is 16.9 Å². The number of hydrogen-bond acceptors (Lipinski definition) is 6. The van der Waals surface area contributed by atoms with E-state index in [1.54, 1.807) is 39.8 Å². The van der Waals surface area contributed by atoms with Crippen LogP contribution in [0.1, 0.15) is 84.2 Å². The lowest BCUT2D eigenvalue weighted by atomic mass is 9.91. The molecule has 0 saturated heterocycles. The largest absolute Gasteiger partial charge is 0.490 e. The number of rotatable bonds is 8. The molecular weight excluding hydrogens is 570 g/mol. The lowest BCUT2D eigenvalue weighted by Gasteiger charge is -2.28. The highest BCUT2D eigenvalue weighted by Gasteiger charge is 2.35. The summed E-state index contributed by atoms with van der Waals surface area (Å²) < 4.78 is 42.5. The third kappa shape index (κ3) is 6.01. The van der Waals surface area contributed by atoms with E-state index in [1.165, 1.54) is 22.7 Å². The minimum Gasteiger partial charge on any atom is -0.490 e. The van der Waals surface area contributed by atoms with Gasteiger partial charge in [-0.3, -0.25) is 4.79 Å². The second kappa shape index (κ2) is 12.0. The van der Waals surface area contributed by atoms with E-state index in [9.17, 15) is 19.1 Å². The van der Waals surface area contributed by atoms with E-state index in [1.807, 2.05) is 13.8 Å². The lowest BCUT2D eigenvalue weighted by molar-refractivity contribution is -0.160. The normalized spacial score (nSPS) is 13.8. The first-order chi connectivity index (χ1) is 20.8. The number of amides is 1. The fourth-order valence-corrected chi connectivity index (χ4v) is 5.59. The summed E-state index contributed by atoms with van der Waals surface area (Å²) >= 11 is 0. The van der Waals surface area contributed by atoms with Gasteiger partial charge in [0.2, 0.25) is 0 Å². The highest BCUT2D eigenvalue weighted by atomic mass is 19.1. The van der Waals surface area contributed by atoms with Crippen molar-refractivity contribution in [3.8, 4) is 17.0 Å². The van der Waals surface area contributed by atoms with Crippen molar-refractivity contribution >= 4 is 17.5 Å². The minimum atomic E-state index is -1.47. The van der Waals surface area contributed by atoms with Gasteiger partial charge in [0.1, 0.15) is 5.82 Å². The van der Waals surface area contributed by atoms with Crippen molar-refractivity contribution in [1.82, 2.24) is 19.9 Å². The number of fused-ring (bicyclic) bond motifs is 2. The average molecular weight is 607 g/mol. The maximum atomic E-state index is 15.5. The summed E-state index contributed by atoms with van der Waals surface area (Å²) in [5.41, 5.74) is 3.32. The topological polar surface area (TPSA) is 115 Å². The van der Waals surface area contributed by atoms with Crippen molar-refractivity contribution in [3.63, 3.8) is 0 Å². The molecule has 0 saturated carbocycles. The summed E-state index contributed by atoms with van der Waals surface area (Å²) in [6.07, 6.45) is 0.343. The Kier molecular flexibility index (Phi) is 8.44. The van der Waals surface area contributed by atoms with Crippen LogP contribution in [0.2, 0.25) is 0 Å². The van der Waals surface area contributed by atoms with Crippen molar-refractivity contribution in [2.45, 2.75) is 79.1 Å². The van der Waals surface area contributed by atoms with Gasteiger partial charge >= 0.3 is 5.97 Å². The summed E-state index contributed by atoms with van der Waals surface area (Å²) in [6.45, 7) is 11.1. The molecule has 1 aliphatic rings. The monoisotopic (exact) mass is 606 g/mol. The SMILES string of the molecule is CCc1cc(CNC(=O)c2cc3nc(C)c([C@H](OC(C)(C)C)C(=O)O)c(-c4cc(F)c5c(c4C)CCCO5)n3n2)ccc1F. The van der Waals surface area contributed by atoms with Gasteiger partial charge in [0.15, 0.2) is 29.0 Å². The second-order valence-corrected chi connectivity index (χ2v) is 12.0. The molecule has 1 amide bonds. The van der Waals surface area contributed by atoms with Gasteiger partial charge in [-0.1, -0.05) is 19.1 Å². The van der Waals surface area contributed by atoms with E-state index < -0.39 is 29.4 Å². The van der Waals surface area contributed by atoms with Gasteiger partial charge in [-0.2, -0.15) is 5.10 Å². The molecule has 4 aromatic rings. The molecule has 11 heteroatoms. The molecule has 44 heavy (non-hydrogen) atoms. The Labute approximate surface area is 254 Å². The fraction of sp³-hybridized carbons (Fsp3) is 0.394. The molecule has 1 atom stereocenters. The number of ether oxygens (including phenoxy) is 2. The zero-order valence-corrected chi connectivity index (χ0v) is 25.7. The average Bonchev–Trinajstić information content (AvgIpc) is 3.40. The molecule has 0 bridgehead atoms. The number of aryl methyl sites for hydroxylation is 2. The Morgan fingerprint density at radius 1 is 1.16 bits per heavy atom. The third-order valence-electron chi connectivity index (χ3n) is 7.66. The molecule has 0 fully saturated rings. The van der Waals surface area contributed by atoms with Crippen molar-refractivity contribution in [3.05, 3.63) is 81.2 Å². The molecule has 0 unspecified atom stereocenters. The number of aromatic nitrogens is 3. The molecule has 9 nitrogen and oxygen atoms in total. The van der Waals surface area contributed by atoms with Gasteiger partial charge in [-0.25, -0.2) is 23.1 Å². The van der Waals surface area contributed by atoms with E-state index in [-0.39, 0.29) is 40.7 Å². The summed E-state index contributed by atoms with van der Waals surface area (Å²) in [6, 6.07) is 7.48. The number of halogens is 2. The van der Waals surface area contributed by atoms with Crippen LogP contribution in [0.4, 0.5) is 8.78 Å². The van der Waals surface area contributed by atoms with Crippen molar-refractivity contribution in [2.75, 3.05) is 6.61 Å². The Bertz CT molecular complexity index is 1780. The molecule has 2 N–H and O–H groups in total. The molecule has 0 aliphatic carbocycles. The quantitative estimate of drug-likeness (QED) is 0.251. The highest BCUT2D eigenvalue weighted by molar-refractivity contribution is 5.93. The standard InChI is InChI=1S/C33H36F2N4O5/c1-7-20-13-19(10-11-23(20)34)16-36-31(40)25-15-26-37-18(3)27(30(32(41)42)44-33(4,5)6)28(39(26)38-25)22-14-24(35)29-21(17(22)2)9-8-12-43-29/h10-11,13-15,30H,7-9,12,16H2,1-6H3,(H,36,40)(H,41,42)/t30-/m0/s1. The van der Waals surface area contributed by atoms with Crippen molar-refractivity contribution < 1.29 is 33.0 Å². The van der Waals surface area contributed by atoms with Crippen LogP contribution in [0.3, 0.4) is 0 Å². The maximum absolute atomic E-state index is 15.5. The third-order valence-corrected chi connectivity index (χ3v) is 7.66. The molecule has 1 aliphatic heterocycles. The minimum absolute atomic E-state index is 0.0242. The van der Waals surface area contributed by atoms with Crippen molar-refractivity contribution in [1.29, 1.82) is 0 Å². The number of hydrogen-bond donors (Lipinski definition) is 2. The maximum Gasteiger partial charge on any atom is 0.337 e. The second-order valence-electron chi connectivity index (χ2n) is 12.0. The Morgan fingerprint density at radius 2 is 1.91 bits per heavy atom. The molecule has 0 spiro atoms. The van der Waals surface area contributed by atoms with Crippen LogP contribution in [-0.2, 0) is 28.9 Å². The molecule has 2 aromatic carbocycles. The van der Waals surface area contributed by atoms with Crippen LogP contribution in [0.15, 0.2) is 30.3 Å². The molecule has 3 heterocycles. The number of aliphatic carboxylic acids is 1. The predicted octanol–water partition coefficient (Wildman–Crippen LogP) is 6.05. The molecule has 2 aromatic heterocycles. The number of nitrogens with one attached hydrogen (secondary N) is 1. The number of carboxylic acids is 1. The number of nitrogens with zero attached hydrogens (tertiary/aromatic N) is 3. The summed E-state index contributed by atoms with van der Waals surface area (Å²) in [5.74, 6) is -2.45. The molecular formula is C33H36F2N4O5. The van der Waals surface area contributed by atoms with Gasteiger partial charge < -0.3 is 19.9 Å². The van der Waals surface area contributed by atoms with Crippen LogP contribution in [0, 0.1) is 25.5 Å². The molecule has 5 rings (SSSR count). The molecule has 0 radical (unpaired) electrons. The summed E-state index contributed by atoms with van der Waals surface area (Å²) in [5, 5.41) is 17.7. The summed E-state index contributed by atoms with van der Waals surface area (Å²) in [4.78, 5) is 30.6. The summed E-state index contributed by atoms with van der Waals surface area (Å²) in [7, 11) is 0. The fourth-order valence-electron chi connectivity index (χ4n) is 5.59. The van der Waals surface area contributed by atoms with E-state index in [4.69, 9.17) is 9.47 Å². The highest BCUT2D eigenvalue weighted by Crippen LogP contribution is 2.41. The lowest BCUT2D eigenvalue weighted by Crippen LogP contribution is -2.29. The van der Waals surface area contributed by atoms with Gasteiger partial charge in [-0.15, -0.1) is 0 Å². The van der Waals surface area contributed by atoms with Crippen LogP contribution >= 0.6 is 0 Å². The smallest absolute Gasteiger partial charge is 0.337 e. The Balaban J connectivity index is 1.67. The van der Waals surface area contributed by atoms with Crippen LogP contribution in [0.5, 0.6) is 5.75 Å². The van der Waals surface area contributed by atoms with Gasteiger partial charge in [0.25, 0.3) is 5.91 Å². The van der Waals surface area contributed by atoms with E-state index in [0.717, 1.165) is 5.56 Å². The number of carboxylic acid groups (broad SMARTS) is 1. The van der Waals surface area contributed by atoms with Crippen molar-refractivity contribution in [2.24, 2.45) is 0 Å². The van der Waals surface area contributed by atoms with E-state index >= 15 is 4.39 Å². The zero-order valence-electron chi connectivity index (χ0n) is 25.7. The number of benzene rings is 2. The van der Waals surface area contributed by atoms with Gasteiger partial charge in [0, 0.05) is 35.0 Å². The van der Waals surface area contributed by atoms with Crippen LogP contribution in [-0.4, -0.2) is 43.8 Å². The first-order valence-electron chi connectivity index (χ1n) is 14.6. The number of carbonyl (C=O) groups excluding carboxylic acids is 1. The zero-order chi connectivity index (χ0) is 31.9. The van der Waals surface area contributed by atoms with E-state index in [2.05, 4.69) is 15.4 Å². The Morgan fingerprint density at radius 3 is 2.59 bits per heavy atom. The Hall–Kier alpha value is -4.38. The van der Waals surface area contributed by atoms with Crippen LogP contribution < -0.4 is 10.1 Å². The molecule has 232 valence electrons. The predicted molar refractivity (Wildman–Crippen MR) is 160 cm³/mol. The first kappa shape index (κ1) is 31.1. The van der Waals surface area contributed by atoms with Gasteiger partial charge in [0.05, 0.1) is 17.9 Å².